The molecule has 0 aliphatic rings. The largest absolute Gasteiger partial charge is 0.391 e. The first kappa shape index (κ1) is 10.7. The van der Waals surface area contributed by atoms with Crippen LogP contribution >= 0.6 is 0 Å². The molecule has 1 aromatic carbocycles. The number of rotatable bonds is 3. The fourth-order valence-corrected chi connectivity index (χ4v) is 1.18. The third-order valence-electron chi connectivity index (χ3n) is 2.08. The summed E-state index contributed by atoms with van der Waals surface area (Å²) in [6.45, 7) is 1.60. The Hall–Kier alpha value is -1.39. The third kappa shape index (κ3) is 2.31. The Kier molecular flexibility index (Phi) is 3.22. The van der Waals surface area contributed by atoms with Gasteiger partial charge in [0.05, 0.1) is 12.1 Å². The molecule has 0 saturated heterocycles. The molecule has 0 bridgehead atoms. The van der Waals surface area contributed by atoms with E-state index in [9.17, 15) is 9.90 Å². The van der Waals surface area contributed by atoms with Crippen LogP contribution in [0.4, 0.5) is 0 Å². The second-order valence-electron chi connectivity index (χ2n) is 3.26. The lowest BCUT2D eigenvalue weighted by molar-refractivity contribution is 0.0999. The van der Waals surface area contributed by atoms with E-state index in [2.05, 4.69) is 0 Å². The monoisotopic (exact) mass is 194 g/mol. The van der Waals surface area contributed by atoms with Crippen LogP contribution in [0.3, 0.4) is 0 Å². The van der Waals surface area contributed by atoms with Gasteiger partial charge in [-0.1, -0.05) is 12.1 Å². The molecule has 14 heavy (non-hydrogen) atoms. The van der Waals surface area contributed by atoms with Crippen LogP contribution in [0, 0.1) is 0 Å². The Morgan fingerprint density at radius 1 is 1.50 bits per heavy atom. The highest BCUT2D eigenvalue weighted by molar-refractivity contribution is 5.92. The summed E-state index contributed by atoms with van der Waals surface area (Å²) in [5.74, 6) is -0.496. The number of hydrogen-bond donors (Lipinski definition) is 3. The molecule has 4 heteroatoms. The normalized spacial score (nSPS) is 14.8. The van der Waals surface area contributed by atoms with Crippen molar-refractivity contribution in [2.45, 2.75) is 19.1 Å². The molecule has 1 aromatic rings. The SMILES string of the molecule is CC(O)[C@H](N)c1cccc(C(N)=O)c1. The zero-order valence-corrected chi connectivity index (χ0v) is 7.97. The van der Waals surface area contributed by atoms with Crippen molar-refractivity contribution in [2.24, 2.45) is 11.5 Å². The Balaban J connectivity index is 2.99. The molecule has 4 nitrogen and oxygen atoms in total. The van der Waals surface area contributed by atoms with Gasteiger partial charge in [0.25, 0.3) is 0 Å². The van der Waals surface area contributed by atoms with E-state index in [0.717, 1.165) is 0 Å². The van der Waals surface area contributed by atoms with Gasteiger partial charge in [-0.15, -0.1) is 0 Å². The average Bonchev–Trinajstić information content (AvgIpc) is 2.16. The number of nitrogens with two attached hydrogens (primary N) is 2. The first-order chi connectivity index (χ1) is 6.52. The first-order valence-corrected chi connectivity index (χ1v) is 4.36. The molecule has 0 spiro atoms. The number of carbonyl (C=O) groups excluding carboxylic acids is 1. The van der Waals surface area contributed by atoms with E-state index in [1.165, 1.54) is 0 Å². The van der Waals surface area contributed by atoms with E-state index in [4.69, 9.17) is 11.5 Å². The maximum absolute atomic E-state index is 10.9. The second kappa shape index (κ2) is 4.21. The number of primary amides is 1. The summed E-state index contributed by atoms with van der Waals surface area (Å²) in [7, 11) is 0. The van der Waals surface area contributed by atoms with Crippen molar-refractivity contribution in [1.29, 1.82) is 0 Å². The van der Waals surface area contributed by atoms with Crippen LogP contribution in [-0.2, 0) is 0 Å². The first-order valence-electron chi connectivity index (χ1n) is 4.36. The topological polar surface area (TPSA) is 89.3 Å². The molecule has 0 aliphatic heterocycles. The van der Waals surface area contributed by atoms with Crippen molar-refractivity contribution in [1.82, 2.24) is 0 Å². The van der Waals surface area contributed by atoms with E-state index in [1.807, 2.05) is 0 Å². The standard InChI is InChI=1S/C10H14N2O2/c1-6(13)9(11)7-3-2-4-8(5-7)10(12)14/h2-6,9,13H,11H2,1H3,(H2,12,14)/t6?,9-/m0/s1. The van der Waals surface area contributed by atoms with E-state index >= 15 is 0 Å². The van der Waals surface area contributed by atoms with Crippen molar-refractivity contribution in [2.75, 3.05) is 0 Å². The van der Waals surface area contributed by atoms with Gasteiger partial charge >= 0.3 is 0 Å². The van der Waals surface area contributed by atoms with Crippen LogP contribution in [0.15, 0.2) is 24.3 Å². The predicted octanol–water partition coefficient (Wildman–Crippen LogP) is 0.166. The van der Waals surface area contributed by atoms with Crippen LogP contribution in [0.1, 0.15) is 28.9 Å². The molecule has 1 unspecified atom stereocenters. The number of aliphatic hydroxyl groups excluding tert-OH is 1. The molecule has 0 heterocycles. The molecule has 0 aliphatic carbocycles. The van der Waals surface area contributed by atoms with Gasteiger partial charge < -0.3 is 16.6 Å². The summed E-state index contributed by atoms with van der Waals surface area (Å²) >= 11 is 0. The number of hydrogen-bond acceptors (Lipinski definition) is 3. The van der Waals surface area contributed by atoms with Crippen LogP contribution in [0.5, 0.6) is 0 Å². The highest BCUT2D eigenvalue weighted by Crippen LogP contribution is 2.15. The Morgan fingerprint density at radius 2 is 2.14 bits per heavy atom. The summed E-state index contributed by atoms with van der Waals surface area (Å²) in [5, 5.41) is 9.26. The zero-order chi connectivity index (χ0) is 10.7. The fourth-order valence-electron chi connectivity index (χ4n) is 1.18. The minimum atomic E-state index is -0.655. The van der Waals surface area contributed by atoms with Crippen molar-refractivity contribution < 1.29 is 9.90 Å². The minimum Gasteiger partial charge on any atom is -0.391 e. The lowest BCUT2D eigenvalue weighted by atomic mass is 10.0. The predicted molar refractivity (Wildman–Crippen MR) is 53.6 cm³/mol. The highest BCUT2D eigenvalue weighted by Gasteiger charge is 2.12. The summed E-state index contributed by atoms with van der Waals surface area (Å²) < 4.78 is 0. The van der Waals surface area contributed by atoms with Gasteiger partial charge in [0.15, 0.2) is 0 Å². The van der Waals surface area contributed by atoms with Gasteiger partial charge in [-0.05, 0) is 24.6 Å². The average molecular weight is 194 g/mol. The lowest BCUT2D eigenvalue weighted by Crippen LogP contribution is -2.23. The van der Waals surface area contributed by atoms with Crippen molar-refractivity contribution in [3.63, 3.8) is 0 Å². The maximum Gasteiger partial charge on any atom is 0.248 e. The van der Waals surface area contributed by atoms with Gasteiger partial charge in [-0.2, -0.15) is 0 Å². The van der Waals surface area contributed by atoms with Crippen molar-refractivity contribution in [3.8, 4) is 0 Å². The molecule has 76 valence electrons. The van der Waals surface area contributed by atoms with Gasteiger partial charge in [0.2, 0.25) is 5.91 Å². The van der Waals surface area contributed by atoms with Crippen molar-refractivity contribution >= 4 is 5.91 Å². The Morgan fingerprint density at radius 3 is 2.64 bits per heavy atom. The number of aliphatic hydroxyl groups is 1. The quantitative estimate of drug-likeness (QED) is 0.640. The molecule has 0 aromatic heterocycles. The van der Waals surface area contributed by atoms with E-state index < -0.39 is 18.1 Å². The molecule has 1 rings (SSSR count). The zero-order valence-electron chi connectivity index (χ0n) is 7.97. The number of carbonyl (C=O) groups is 1. The second-order valence-corrected chi connectivity index (χ2v) is 3.26. The summed E-state index contributed by atoms with van der Waals surface area (Å²) in [4.78, 5) is 10.9. The van der Waals surface area contributed by atoms with E-state index in [1.54, 1.807) is 31.2 Å². The number of amides is 1. The molecular formula is C10H14N2O2. The van der Waals surface area contributed by atoms with E-state index in [-0.39, 0.29) is 0 Å². The molecule has 2 atom stereocenters. The molecule has 0 saturated carbocycles. The summed E-state index contributed by atoms with van der Waals surface area (Å²) in [5.41, 5.74) is 11.9. The Labute approximate surface area is 82.5 Å². The summed E-state index contributed by atoms with van der Waals surface area (Å²) in [6.07, 6.45) is -0.655. The molecule has 0 radical (unpaired) electrons. The smallest absolute Gasteiger partial charge is 0.248 e. The minimum absolute atomic E-state index is 0.401. The van der Waals surface area contributed by atoms with Gasteiger partial charge in [0.1, 0.15) is 0 Å². The maximum atomic E-state index is 10.9. The summed E-state index contributed by atoms with van der Waals surface area (Å²) in [6, 6.07) is 6.16. The third-order valence-corrected chi connectivity index (χ3v) is 2.08. The molecular weight excluding hydrogens is 180 g/mol. The van der Waals surface area contributed by atoms with Crippen LogP contribution in [0.25, 0.3) is 0 Å². The number of benzene rings is 1. The van der Waals surface area contributed by atoms with Crippen LogP contribution < -0.4 is 11.5 Å². The fraction of sp³-hybridized carbons (Fsp3) is 0.300. The van der Waals surface area contributed by atoms with Crippen LogP contribution in [-0.4, -0.2) is 17.1 Å². The molecule has 5 N–H and O–H groups in total. The van der Waals surface area contributed by atoms with Gasteiger partial charge in [0, 0.05) is 5.56 Å². The van der Waals surface area contributed by atoms with E-state index in [0.29, 0.717) is 11.1 Å². The van der Waals surface area contributed by atoms with Crippen molar-refractivity contribution in [3.05, 3.63) is 35.4 Å². The highest BCUT2D eigenvalue weighted by atomic mass is 16.3. The van der Waals surface area contributed by atoms with Gasteiger partial charge in [-0.3, -0.25) is 4.79 Å². The lowest BCUT2D eigenvalue weighted by Gasteiger charge is -2.15. The van der Waals surface area contributed by atoms with Crippen LogP contribution in [0.2, 0.25) is 0 Å². The van der Waals surface area contributed by atoms with Gasteiger partial charge in [-0.25, -0.2) is 0 Å². The molecule has 1 amide bonds. The molecule has 0 fully saturated rings. The Bertz CT molecular complexity index is 337.